The van der Waals surface area contributed by atoms with Crippen molar-refractivity contribution in [1.82, 2.24) is 0 Å². The number of fused-ring (bicyclic) bond motifs is 5. The molecule has 7 aromatic rings. The summed E-state index contributed by atoms with van der Waals surface area (Å²) in [5.74, 6) is 0. The number of hydrogen-bond donors (Lipinski definition) is 0. The summed E-state index contributed by atoms with van der Waals surface area (Å²) in [6.45, 7) is 13.9. The minimum atomic E-state index is -0.473. The molecule has 1 heterocycles. The average Bonchev–Trinajstić information content (AvgIpc) is 3.42. The Hall–Kier alpha value is -4.85. The Morgan fingerprint density at radius 2 is 1.00 bits per heavy atom. The quantitative estimate of drug-likeness (QED) is 0.181. The molecule has 1 aliphatic carbocycles. The zero-order valence-corrected chi connectivity index (χ0v) is 30.6. The molecule has 9 rings (SSSR count). The first-order valence-corrected chi connectivity index (χ1v) is 18.7. The van der Waals surface area contributed by atoms with E-state index < -0.39 is 5.41 Å². The van der Waals surface area contributed by atoms with E-state index in [2.05, 4.69) is 187 Å². The van der Waals surface area contributed by atoms with Crippen LogP contribution < -0.4 is 0 Å². The highest BCUT2D eigenvalue weighted by atomic mass is 32.2. The molecule has 0 aromatic heterocycles. The summed E-state index contributed by atoms with van der Waals surface area (Å²) in [6.07, 6.45) is 0. The number of benzene rings is 7. The topological polar surface area (TPSA) is 0 Å². The lowest BCUT2D eigenvalue weighted by molar-refractivity contribution is 0.585. The Labute approximate surface area is 301 Å². The van der Waals surface area contributed by atoms with Gasteiger partial charge in [-0.3, -0.25) is 0 Å². The van der Waals surface area contributed by atoms with Crippen LogP contribution in [-0.4, -0.2) is 0 Å². The van der Waals surface area contributed by atoms with Gasteiger partial charge in [0.1, 0.15) is 0 Å². The Morgan fingerprint density at radius 3 is 1.70 bits per heavy atom. The van der Waals surface area contributed by atoms with Crippen molar-refractivity contribution in [2.45, 2.75) is 67.6 Å². The molecule has 0 unspecified atom stereocenters. The maximum Gasteiger partial charge on any atom is 0.0713 e. The lowest BCUT2D eigenvalue weighted by Gasteiger charge is -2.36. The predicted molar refractivity (Wildman–Crippen MR) is 214 cm³/mol. The molecular weight excluding hydrogens is 621 g/mol. The molecule has 1 heteroatoms. The van der Waals surface area contributed by atoms with Crippen LogP contribution in [0.1, 0.15) is 74.9 Å². The van der Waals surface area contributed by atoms with Crippen molar-refractivity contribution in [1.29, 1.82) is 0 Å². The first kappa shape index (κ1) is 31.2. The van der Waals surface area contributed by atoms with E-state index in [4.69, 9.17) is 0 Å². The van der Waals surface area contributed by atoms with E-state index in [9.17, 15) is 0 Å². The highest BCUT2D eigenvalue weighted by Crippen LogP contribution is 2.58. The second-order valence-electron chi connectivity index (χ2n) is 16.2. The summed E-state index contributed by atoms with van der Waals surface area (Å²) in [5.41, 5.74) is 15.4. The molecule has 0 amide bonds. The summed E-state index contributed by atoms with van der Waals surface area (Å²) in [5, 5.41) is 2.67. The average molecular weight is 663 g/mol. The van der Waals surface area contributed by atoms with E-state index in [1.807, 2.05) is 11.8 Å². The molecule has 0 saturated heterocycles. The van der Waals surface area contributed by atoms with E-state index in [1.165, 1.54) is 87.3 Å². The van der Waals surface area contributed by atoms with Crippen LogP contribution in [-0.2, 0) is 16.2 Å². The monoisotopic (exact) mass is 662 g/mol. The van der Waals surface area contributed by atoms with Crippen molar-refractivity contribution in [3.63, 3.8) is 0 Å². The van der Waals surface area contributed by atoms with Crippen LogP contribution in [0.25, 0.3) is 44.2 Å². The van der Waals surface area contributed by atoms with Crippen LogP contribution in [0.15, 0.2) is 155 Å². The van der Waals surface area contributed by atoms with E-state index in [1.54, 1.807) is 0 Å². The Bertz CT molecular complexity index is 2420. The smallest absolute Gasteiger partial charge is 0.0713 e. The molecule has 50 heavy (non-hydrogen) atoms. The van der Waals surface area contributed by atoms with Crippen molar-refractivity contribution in [3.8, 4) is 33.4 Å². The van der Waals surface area contributed by atoms with Crippen molar-refractivity contribution in [2.75, 3.05) is 0 Å². The van der Waals surface area contributed by atoms with Gasteiger partial charge in [0.25, 0.3) is 0 Å². The first-order chi connectivity index (χ1) is 24.0. The zero-order chi connectivity index (χ0) is 34.4. The third kappa shape index (κ3) is 4.67. The molecule has 0 bridgehead atoms. The summed E-state index contributed by atoms with van der Waals surface area (Å²) >= 11 is 1.89. The van der Waals surface area contributed by atoms with E-state index >= 15 is 0 Å². The van der Waals surface area contributed by atoms with Gasteiger partial charge in [-0.25, -0.2) is 0 Å². The van der Waals surface area contributed by atoms with Gasteiger partial charge in [0.2, 0.25) is 0 Å². The maximum atomic E-state index is 2.51. The lowest BCUT2D eigenvalue weighted by atomic mass is 9.66. The van der Waals surface area contributed by atoms with Gasteiger partial charge >= 0.3 is 0 Å². The number of hydrogen-bond acceptors (Lipinski definition) is 1. The molecular formula is C49H42S. The molecule has 0 N–H and O–H groups in total. The fourth-order valence-corrected chi connectivity index (χ4v) is 9.56. The van der Waals surface area contributed by atoms with Gasteiger partial charge in [-0.05, 0) is 107 Å². The van der Waals surface area contributed by atoms with Crippen LogP contribution in [0, 0.1) is 0 Å². The SMILES string of the molecule is CC(C)(C)c1cccc(C2(c3cccc(C(C)(C)C)c3)c3ccccc3-c3ccc(-c4ccc5c(c4)-c4cccc6cccc(c46)S5)cc32)c1. The molecule has 0 nitrogen and oxygen atoms in total. The highest BCUT2D eigenvalue weighted by molar-refractivity contribution is 7.99. The second kappa shape index (κ2) is 11.1. The largest absolute Gasteiger partial charge is 0.0888 e. The van der Waals surface area contributed by atoms with Gasteiger partial charge in [0.15, 0.2) is 0 Å². The van der Waals surface area contributed by atoms with E-state index in [0.29, 0.717) is 0 Å². The van der Waals surface area contributed by atoms with Crippen LogP contribution in [0.5, 0.6) is 0 Å². The summed E-state index contributed by atoms with van der Waals surface area (Å²) in [7, 11) is 0. The number of rotatable bonds is 3. The molecule has 0 atom stereocenters. The van der Waals surface area contributed by atoms with E-state index in [0.717, 1.165) is 0 Å². The Balaban J connectivity index is 1.32. The third-order valence-corrected chi connectivity index (χ3v) is 12.2. The third-order valence-electron chi connectivity index (χ3n) is 11.1. The molecule has 244 valence electrons. The van der Waals surface area contributed by atoms with E-state index in [-0.39, 0.29) is 10.8 Å². The van der Waals surface area contributed by atoms with Gasteiger partial charge in [-0.15, -0.1) is 0 Å². The van der Waals surface area contributed by atoms with Gasteiger partial charge in [-0.1, -0.05) is 175 Å². The van der Waals surface area contributed by atoms with Crippen molar-refractivity contribution >= 4 is 22.5 Å². The minimum absolute atomic E-state index is 0.0237. The lowest BCUT2D eigenvalue weighted by Crippen LogP contribution is -2.30. The summed E-state index contributed by atoms with van der Waals surface area (Å²) in [4.78, 5) is 2.66. The molecule has 2 aliphatic rings. The Morgan fingerprint density at radius 1 is 0.420 bits per heavy atom. The fourth-order valence-electron chi connectivity index (χ4n) is 8.43. The van der Waals surface area contributed by atoms with Crippen molar-refractivity contribution < 1.29 is 0 Å². The first-order valence-electron chi connectivity index (χ1n) is 17.8. The van der Waals surface area contributed by atoms with Crippen LogP contribution >= 0.6 is 11.8 Å². The predicted octanol–water partition coefficient (Wildman–Crippen LogP) is 13.6. The molecule has 0 fully saturated rings. The van der Waals surface area contributed by atoms with Gasteiger partial charge in [-0.2, -0.15) is 0 Å². The van der Waals surface area contributed by atoms with Gasteiger partial charge < -0.3 is 0 Å². The molecule has 0 saturated carbocycles. The molecule has 0 radical (unpaired) electrons. The van der Waals surface area contributed by atoms with Crippen molar-refractivity contribution in [3.05, 3.63) is 179 Å². The van der Waals surface area contributed by atoms with Crippen LogP contribution in [0.2, 0.25) is 0 Å². The molecule has 0 spiro atoms. The summed E-state index contributed by atoms with van der Waals surface area (Å²) < 4.78 is 0. The normalized spacial score (nSPS) is 14.3. The van der Waals surface area contributed by atoms with Crippen molar-refractivity contribution in [2.24, 2.45) is 0 Å². The zero-order valence-electron chi connectivity index (χ0n) is 29.8. The standard InChI is InChI=1S/C49H42S/c1-47(2,3)34-15-11-17-36(29-34)49(37-18-12-16-35(30-37)48(4,5)6)42-21-8-7-19-38(42)39-25-23-33(28-43(39)49)32-24-26-44-41(27-32)40-20-9-13-31-14-10-22-45(50-44)46(31)40/h7-30H,1-6H3. The highest BCUT2D eigenvalue weighted by Gasteiger charge is 2.46. The van der Waals surface area contributed by atoms with Gasteiger partial charge in [0.05, 0.1) is 5.41 Å². The van der Waals surface area contributed by atoms with Gasteiger partial charge in [0, 0.05) is 15.2 Å². The Kier molecular flexibility index (Phi) is 6.90. The summed E-state index contributed by atoms with van der Waals surface area (Å²) in [6, 6.07) is 55.7. The van der Waals surface area contributed by atoms with Crippen LogP contribution in [0.3, 0.4) is 0 Å². The molecule has 1 aliphatic heterocycles. The fraction of sp³-hybridized carbons (Fsp3) is 0.184. The second-order valence-corrected chi connectivity index (χ2v) is 17.3. The van der Waals surface area contributed by atoms with Crippen LogP contribution in [0.4, 0.5) is 0 Å². The minimum Gasteiger partial charge on any atom is -0.0888 e. The maximum absolute atomic E-state index is 2.51. The molecule has 7 aromatic carbocycles.